The number of rotatable bonds is 7. The molecule has 12 heteroatoms. The van der Waals surface area contributed by atoms with E-state index in [0.717, 1.165) is 35.3 Å². The normalized spacial score (nSPS) is 17.8. The lowest BCUT2D eigenvalue weighted by Crippen LogP contribution is -2.41. The molecular weight excluding hydrogens is 461 g/mol. The Hall–Kier alpha value is -2.38. The molecule has 1 heterocycles. The van der Waals surface area contributed by atoms with Crippen molar-refractivity contribution >= 4 is 31.6 Å². The quantitative estimate of drug-likeness (QED) is 0.616. The van der Waals surface area contributed by atoms with Gasteiger partial charge in [0.2, 0.25) is 20.0 Å². The first-order valence-corrected chi connectivity index (χ1v) is 12.9. The predicted molar refractivity (Wildman–Crippen MR) is 114 cm³/mol. The van der Waals surface area contributed by atoms with Crippen molar-refractivity contribution in [3.8, 4) is 0 Å². The van der Waals surface area contributed by atoms with Crippen molar-refractivity contribution in [2.75, 3.05) is 31.6 Å². The van der Waals surface area contributed by atoms with Gasteiger partial charge in [-0.05, 0) is 49.2 Å². The Morgan fingerprint density at radius 2 is 1.75 bits per heavy atom. The maximum absolute atomic E-state index is 14.4. The first-order valence-electron chi connectivity index (χ1n) is 9.98. The van der Waals surface area contributed by atoms with E-state index >= 15 is 0 Å². The number of amides is 1. The van der Waals surface area contributed by atoms with E-state index in [9.17, 15) is 26.0 Å². The number of ether oxygens (including phenoxy) is 1. The summed E-state index contributed by atoms with van der Waals surface area (Å²) < 4.78 is 73.6. The monoisotopic (exact) mass is 483 g/mol. The van der Waals surface area contributed by atoms with Crippen molar-refractivity contribution in [2.45, 2.75) is 28.7 Å². The summed E-state index contributed by atoms with van der Waals surface area (Å²) >= 11 is 0. The number of sulfonamides is 2. The number of nitrogens with one attached hydrogen (secondary N) is 2. The minimum absolute atomic E-state index is 0.00288. The minimum Gasteiger partial charge on any atom is -0.379 e. The molecule has 9 nitrogen and oxygen atoms in total. The van der Waals surface area contributed by atoms with Gasteiger partial charge < -0.3 is 10.1 Å². The molecule has 0 aromatic heterocycles. The fraction of sp³-hybridized carbons (Fsp3) is 0.350. The largest absolute Gasteiger partial charge is 0.379 e. The Kier molecular flexibility index (Phi) is 6.32. The van der Waals surface area contributed by atoms with Crippen LogP contribution in [0.1, 0.15) is 23.2 Å². The van der Waals surface area contributed by atoms with Gasteiger partial charge in [-0.25, -0.2) is 25.9 Å². The molecule has 172 valence electrons. The first-order chi connectivity index (χ1) is 15.2. The van der Waals surface area contributed by atoms with Crippen LogP contribution in [0.2, 0.25) is 0 Å². The van der Waals surface area contributed by atoms with Gasteiger partial charge in [0.25, 0.3) is 5.91 Å². The molecule has 0 spiro atoms. The van der Waals surface area contributed by atoms with Gasteiger partial charge in [-0.3, -0.25) is 4.79 Å². The summed E-state index contributed by atoms with van der Waals surface area (Å²) in [4.78, 5) is 12.1. The van der Waals surface area contributed by atoms with E-state index in [2.05, 4.69) is 10.0 Å². The van der Waals surface area contributed by atoms with E-state index in [-0.39, 0.29) is 48.5 Å². The number of carbonyl (C=O) groups is 1. The van der Waals surface area contributed by atoms with Gasteiger partial charge in [-0.2, -0.15) is 4.31 Å². The molecule has 1 saturated carbocycles. The highest BCUT2D eigenvalue weighted by Crippen LogP contribution is 2.25. The third-order valence-corrected chi connectivity index (χ3v) is 8.51. The van der Waals surface area contributed by atoms with Crippen molar-refractivity contribution in [1.29, 1.82) is 0 Å². The molecule has 2 fully saturated rings. The van der Waals surface area contributed by atoms with Gasteiger partial charge in [0.05, 0.1) is 18.1 Å². The van der Waals surface area contributed by atoms with E-state index in [4.69, 9.17) is 4.74 Å². The molecule has 2 aromatic rings. The van der Waals surface area contributed by atoms with Crippen LogP contribution in [0.3, 0.4) is 0 Å². The van der Waals surface area contributed by atoms with Gasteiger partial charge in [0.15, 0.2) is 0 Å². The van der Waals surface area contributed by atoms with Crippen LogP contribution in [0.4, 0.5) is 10.1 Å². The summed E-state index contributed by atoms with van der Waals surface area (Å²) in [6.07, 6.45) is 1.58. The third kappa shape index (κ3) is 4.99. The Labute approximate surface area is 185 Å². The van der Waals surface area contributed by atoms with Crippen molar-refractivity contribution in [3.63, 3.8) is 0 Å². The third-order valence-electron chi connectivity index (χ3n) is 5.08. The predicted octanol–water partition coefficient (Wildman–Crippen LogP) is 1.54. The molecule has 1 saturated heterocycles. The number of halogens is 1. The molecule has 2 aromatic carbocycles. The highest BCUT2D eigenvalue weighted by Gasteiger charge is 2.30. The summed E-state index contributed by atoms with van der Waals surface area (Å²) in [6.45, 7) is 0.592. The topological polar surface area (TPSA) is 122 Å². The summed E-state index contributed by atoms with van der Waals surface area (Å²) in [6, 6.07) is 8.69. The van der Waals surface area contributed by atoms with E-state index in [1.807, 2.05) is 0 Å². The van der Waals surface area contributed by atoms with Crippen LogP contribution in [0.15, 0.2) is 52.3 Å². The van der Waals surface area contributed by atoms with Crippen LogP contribution in [0.25, 0.3) is 0 Å². The Morgan fingerprint density at radius 1 is 1.03 bits per heavy atom. The minimum atomic E-state index is -4.14. The summed E-state index contributed by atoms with van der Waals surface area (Å²) in [5.41, 5.74) is 0.123. The Morgan fingerprint density at radius 3 is 2.44 bits per heavy atom. The lowest BCUT2D eigenvalue weighted by Gasteiger charge is -2.26. The van der Waals surface area contributed by atoms with Crippen LogP contribution >= 0.6 is 0 Å². The zero-order valence-corrected chi connectivity index (χ0v) is 18.6. The molecule has 1 aliphatic carbocycles. The molecule has 2 N–H and O–H groups in total. The Bertz CT molecular complexity index is 1240. The van der Waals surface area contributed by atoms with Crippen LogP contribution in [-0.2, 0) is 24.8 Å². The standard InChI is InChI=1S/C20H22FN3O6S2/c21-18-7-4-14(12-19(18)32(28,29)24-8-10-30-11-9-24)20(25)22-16-2-1-3-17(13-16)31(26,27)23-15-5-6-15/h1-4,7,12-13,15,23H,5-6,8-11H2,(H,22,25). The highest BCUT2D eigenvalue weighted by molar-refractivity contribution is 7.89. The zero-order chi connectivity index (χ0) is 22.9. The van der Waals surface area contributed by atoms with Crippen LogP contribution in [0, 0.1) is 5.82 Å². The van der Waals surface area contributed by atoms with Gasteiger partial charge >= 0.3 is 0 Å². The van der Waals surface area contributed by atoms with E-state index in [1.165, 1.54) is 24.3 Å². The molecule has 2 aliphatic rings. The molecular formula is C20H22FN3O6S2. The number of benzene rings is 2. The molecule has 0 unspecified atom stereocenters. The molecule has 1 amide bonds. The van der Waals surface area contributed by atoms with Gasteiger partial charge in [0, 0.05) is 30.4 Å². The second-order valence-corrected chi connectivity index (χ2v) is 11.2. The van der Waals surface area contributed by atoms with Crippen molar-refractivity contribution < 1.29 is 30.8 Å². The maximum Gasteiger partial charge on any atom is 0.255 e. The maximum atomic E-state index is 14.4. The summed E-state index contributed by atoms with van der Waals surface area (Å²) in [5.74, 6) is -1.67. The smallest absolute Gasteiger partial charge is 0.255 e. The summed E-state index contributed by atoms with van der Waals surface area (Å²) in [7, 11) is -7.85. The number of carbonyl (C=O) groups excluding carboxylic acids is 1. The SMILES string of the molecule is O=C(Nc1cccc(S(=O)(=O)NC2CC2)c1)c1ccc(F)c(S(=O)(=O)N2CCOCC2)c1. The number of hydrogen-bond donors (Lipinski definition) is 2. The number of hydrogen-bond acceptors (Lipinski definition) is 6. The number of nitrogens with zero attached hydrogens (tertiary/aromatic N) is 1. The van der Waals surface area contributed by atoms with E-state index in [0.29, 0.717) is 0 Å². The Balaban J connectivity index is 1.55. The zero-order valence-electron chi connectivity index (χ0n) is 17.0. The lowest BCUT2D eigenvalue weighted by molar-refractivity contribution is 0.0729. The second kappa shape index (κ2) is 8.87. The van der Waals surface area contributed by atoms with Crippen molar-refractivity contribution in [1.82, 2.24) is 9.03 Å². The number of anilines is 1. The van der Waals surface area contributed by atoms with Crippen LogP contribution < -0.4 is 10.0 Å². The second-order valence-electron chi connectivity index (χ2n) is 7.54. The molecule has 32 heavy (non-hydrogen) atoms. The van der Waals surface area contributed by atoms with Crippen LogP contribution in [0.5, 0.6) is 0 Å². The average Bonchev–Trinajstić information content (AvgIpc) is 3.58. The fourth-order valence-corrected chi connectivity index (χ4v) is 6.05. The van der Waals surface area contributed by atoms with Crippen LogP contribution in [-0.4, -0.2) is 59.4 Å². The van der Waals surface area contributed by atoms with E-state index < -0.39 is 36.7 Å². The van der Waals surface area contributed by atoms with Crippen molar-refractivity contribution in [2.24, 2.45) is 0 Å². The average molecular weight is 484 g/mol. The van der Waals surface area contributed by atoms with Gasteiger partial charge in [0.1, 0.15) is 10.7 Å². The lowest BCUT2D eigenvalue weighted by atomic mass is 10.2. The van der Waals surface area contributed by atoms with Crippen molar-refractivity contribution in [3.05, 3.63) is 53.8 Å². The molecule has 0 bridgehead atoms. The molecule has 0 radical (unpaired) electrons. The molecule has 4 rings (SSSR count). The molecule has 0 atom stereocenters. The number of morpholine rings is 1. The molecule has 1 aliphatic heterocycles. The summed E-state index contributed by atoms with van der Waals surface area (Å²) in [5, 5.41) is 2.54. The van der Waals surface area contributed by atoms with Gasteiger partial charge in [-0.1, -0.05) is 6.07 Å². The fourth-order valence-electron chi connectivity index (χ4n) is 3.20. The van der Waals surface area contributed by atoms with Gasteiger partial charge in [-0.15, -0.1) is 0 Å². The van der Waals surface area contributed by atoms with E-state index in [1.54, 1.807) is 0 Å². The highest BCUT2D eigenvalue weighted by atomic mass is 32.2. The first kappa shape index (κ1) is 22.8.